The van der Waals surface area contributed by atoms with Gasteiger partial charge in [0.25, 0.3) is 11.8 Å². The van der Waals surface area contributed by atoms with Crippen LogP contribution in [0.25, 0.3) is 6.08 Å². The van der Waals surface area contributed by atoms with Crippen molar-refractivity contribution in [3.8, 4) is 11.5 Å². The number of rotatable bonds is 8. The van der Waals surface area contributed by atoms with E-state index in [1.807, 2.05) is 66.7 Å². The second-order valence-corrected chi connectivity index (χ2v) is 13.7. The van der Waals surface area contributed by atoms with Gasteiger partial charge in [0.05, 0.1) is 12.8 Å². The first-order valence-electron chi connectivity index (χ1n) is 17.4. The minimum Gasteiger partial charge on any atom is -0.493 e. The lowest BCUT2D eigenvalue weighted by Gasteiger charge is -2.44. The third-order valence-corrected chi connectivity index (χ3v) is 10.4. The summed E-state index contributed by atoms with van der Waals surface area (Å²) in [6.07, 6.45) is 3.28. The number of urea groups is 1. The van der Waals surface area contributed by atoms with Crippen molar-refractivity contribution in [1.82, 2.24) is 5.32 Å². The summed E-state index contributed by atoms with van der Waals surface area (Å²) in [4.78, 5) is 44.7. The standard InChI is InChI=1S/C43H36ClN3O5/c1-51-39-23-27(15-16-38(39)52-26-28-9-8-14-31(44)21-28)22-37-41(48)45-43(50)47(42(37)49)32-24-35-33(29-10-4-2-5-11-29)17-19-46-20-18-34(36(25-32)40(35)46)30-12-6-3-7-13-30/h2-16,21-25,33-34H,17-20,26H2,1H3,(H,45,48,50)/b37-22+/t33-,34+. The van der Waals surface area contributed by atoms with Gasteiger partial charge in [0.2, 0.25) is 0 Å². The molecule has 5 aromatic rings. The quantitative estimate of drug-likeness (QED) is 0.129. The Morgan fingerprint density at radius 1 is 0.769 bits per heavy atom. The van der Waals surface area contributed by atoms with E-state index in [0.29, 0.717) is 27.8 Å². The monoisotopic (exact) mass is 709 g/mol. The van der Waals surface area contributed by atoms with E-state index in [-0.39, 0.29) is 24.0 Å². The highest BCUT2D eigenvalue weighted by atomic mass is 35.5. The number of hydrogen-bond acceptors (Lipinski definition) is 6. The van der Waals surface area contributed by atoms with E-state index in [1.54, 1.807) is 24.3 Å². The topological polar surface area (TPSA) is 88.2 Å². The largest absolute Gasteiger partial charge is 0.493 e. The number of nitrogens with zero attached hydrogens (tertiary/aromatic N) is 2. The lowest BCUT2D eigenvalue weighted by atomic mass is 9.76. The first-order chi connectivity index (χ1) is 25.4. The number of methoxy groups -OCH3 is 1. The van der Waals surface area contributed by atoms with Gasteiger partial charge in [-0.05, 0) is 88.7 Å². The Morgan fingerprint density at radius 2 is 1.42 bits per heavy atom. The number of carbonyl (C=O) groups is 3. The van der Waals surface area contributed by atoms with Gasteiger partial charge in [-0.3, -0.25) is 14.9 Å². The highest BCUT2D eigenvalue weighted by Gasteiger charge is 2.40. The predicted molar refractivity (Wildman–Crippen MR) is 202 cm³/mol. The fourth-order valence-corrected chi connectivity index (χ4v) is 7.92. The summed E-state index contributed by atoms with van der Waals surface area (Å²) >= 11 is 6.13. The minimum absolute atomic E-state index is 0.0762. The Kier molecular flexibility index (Phi) is 8.99. The molecule has 0 unspecified atom stereocenters. The van der Waals surface area contributed by atoms with Crippen molar-refractivity contribution < 1.29 is 23.9 Å². The van der Waals surface area contributed by atoms with Gasteiger partial charge in [0.1, 0.15) is 12.2 Å². The van der Waals surface area contributed by atoms with Crippen molar-refractivity contribution >= 4 is 46.9 Å². The maximum atomic E-state index is 14.3. The molecule has 0 radical (unpaired) electrons. The highest BCUT2D eigenvalue weighted by molar-refractivity contribution is 6.39. The predicted octanol–water partition coefficient (Wildman–Crippen LogP) is 8.47. The number of barbiturate groups is 1. The molecule has 0 bridgehead atoms. The lowest BCUT2D eigenvalue weighted by molar-refractivity contribution is -0.122. The molecule has 5 aromatic carbocycles. The van der Waals surface area contributed by atoms with Crippen LogP contribution in [0.1, 0.15) is 58.1 Å². The van der Waals surface area contributed by atoms with Crippen LogP contribution < -0.4 is 24.6 Å². The zero-order valence-electron chi connectivity index (χ0n) is 28.6. The van der Waals surface area contributed by atoms with Crippen LogP contribution in [0.5, 0.6) is 11.5 Å². The zero-order valence-corrected chi connectivity index (χ0v) is 29.3. The van der Waals surface area contributed by atoms with Gasteiger partial charge in [0.15, 0.2) is 11.5 Å². The van der Waals surface area contributed by atoms with Gasteiger partial charge in [0, 0.05) is 35.6 Å². The van der Waals surface area contributed by atoms with Crippen LogP contribution in [0.3, 0.4) is 0 Å². The molecule has 52 heavy (non-hydrogen) atoms. The summed E-state index contributed by atoms with van der Waals surface area (Å²) in [5.74, 6) is -0.401. The van der Waals surface area contributed by atoms with Crippen LogP contribution in [0, 0.1) is 0 Å². The highest BCUT2D eigenvalue weighted by Crippen LogP contribution is 2.50. The molecule has 8 nitrogen and oxygen atoms in total. The summed E-state index contributed by atoms with van der Waals surface area (Å²) in [5.41, 5.74) is 7.38. The molecule has 3 aliphatic rings. The number of carbonyl (C=O) groups excluding carboxylic acids is 3. The van der Waals surface area contributed by atoms with Crippen LogP contribution in [0.2, 0.25) is 5.02 Å². The molecular weight excluding hydrogens is 674 g/mol. The van der Waals surface area contributed by atoms with Crippen LogP contribution in [-0.2, 0) is 16.2 Å². The van der Waals surface area contributed by atoms with Gasteiger partial charge in [-0.1, -0.05) is 90.5 Å². The second-order valence-electron chi connectivity index (χ2n) is 13.3. The summed E-state index contributed by atoms with van der Waals surface area (Å²) in [7, 11) is 1.52. The van der Waals surface area contributed by atoms with E-state index in [0.717, 1.165) is 47.5 Å². The molecule has 3 aliphatic heterocycles. The summed E-state index contributed by atoms with van der Waals surface area (Å²) in [5, 5.41) is 3.03. The molecule has 8 rings (SSSR count). The normalized spacial score (nSPS) is 19.0. The molecule has 1 N–H and O–H groups in total. The number of halogens is 1. The zero-order chi connectivity index (χ0) is 35.8. The number of benzene rings is 5. The first kappa shape index (κ1) is 33.3. The Bertz CT molecular complexity index is 2150. The maximum Gasteiger partial charge on any atom is 0.335 e. The molecule has 260 valence electrons. The number of nitrogens with one attached hydrogen (secondary N) is 1. The van der Waals surface area contributed by atoms with E-state index in [2.05, 4.69) is 34.5 Å². The maximum absolute atomic E-state index is 14.3. The third-order valence-electron chi connectivity index (χ3n) is 10.1. The lowest BCUT2D eigenvalue weighted by Crippen LogP contribution is -2.54. The van der Waals surface area contributed by atoms with E-state index in [1.165, 1.54) is 30.0 Å². The third kappa shape index (κ3) is 6.31. The average molecular weight is 710 g/mol. The average Bonchev–Trinajstić information content (AvgIpc) is 3.16. The Balaban J connectivity index is 1.17. The van der Waals surface area contributed by atoms with Gasteiger partial charge < -0.3 is 14.4 Å². The Hall–Kier alpha value is -5.86. The van der Waals surface area contributed by atoms with Crippen molar-refractivity contribution in [3.05, 3.63) is 159 Å². The van der Waals surface area contributed by atoms with Crippen LogP contribution >= 0.6 is 11.6 Å². The Labute approximate surface area is 307 Å². The number of hydrogen-bond donors (Lipinski definition) is 1. The smallest absolute Gasteiger partial charge is 0.335 e. The van der Waals surface area contributed by atoms with Crippen molar-refractivity contribution in [3.63, 3.8) is 0 Å². The number of anilines is 2. The van der Waals surface area contributed by atoms with Crippen molar-refractivity contribution in [2.45, 2.75) is 31.3 Å². The molecule has 1 fully saturated rings. The summed E-state index contributed by atoms with van der Waals surface area (Å²) < 4.78 is 11.6. The molecule has 0 aliphatic carbocycles. The molecule has 0 saturated carbocycles. The number of amides is 4. The fourth-order valence-electron chi connectivity index (χ4n) is 7.71. The van der Waals surface area contributed by atoms with Crippen molar-refractivity contribution in [2.75, 3.05) is 30.0 Å². The molecule has 0 aromatic heterocycles. The molecular formula is C43H36ClN3O5. The number of imide groups is 2. The SMILES string of the molecule is COc1cc(/C=C2\C(=O)NC(=O)N(c3cc4c5c(c3)[C@H](c3ccccc3)CCN5CC[C@@H]4c3ccccc3)C2=O)ccc1OCc1cccc(Cl)c1. The van der Waals surface area contributed by atoms with Gasteiger partial charge in [-0.15, -0.1) is 0 Å². The van der Waals surface area contributed by atoms with Crippen LogP contribution in [-0.4, -0.2) is 38.0 Å². The summed E-state index contributed by atoms with van der Waals surface area (Å²) in [6.45, 7) is 2.10. The van der Waals surface area contributed by atoms with Gasteiger partial charge in [-0.25, -0.2) is 9.69 Å². The second kappa shape index (κ2) is 14.0. The fraction of sp³-hybridized carbons (Fsp3) is 0.186. The van der Waals surface area contributed by atoms with Crippen LogP contribution in [0.15, 0.2) is 121 Å². The molecule has 4 amide bonds. The minimum atomic E-state index is -0.780. The Morgan fingerprint density at radius 3 is 2.04 bits per heavy atom. The molecule has 2 atom stereocenters. The number of ether oxygens (including phenoxy) is 2. The molecule has 9 heteroatoms. The van der Waals surface area contributed by atoms with Gasteiger partial charge in [-0.2, -0.15) is 0 Å². The first-order valence-corrected chi connectivity index (χ1v) is 17.7. The van der Waals surface area contributed by atoms with Crippen LogP contribution in [0.4, 0.5) is 16.2 Å². The van der Waals surface area contributed by atoms with Gasteiger partial charge >= 0.3 is 6.03 Å². The molecule has 3 heterocycles. The van der Waals surface area contributed by atoms with E-state index >= 15 is 0 Å². The van der Waals surface area contributed by atoms with E-state index in [4.69, 9.17) is 21.1 Å². The molecule has 1 saturated heterocycles. The summed E-state index contributed by atoms with van der Waals surface area (Å²) in [6, 6.07) is 36.4. The van der Waals surface area contributed by atoms with E-state index < -0.39 is 17.8 Å². The van der Waals surface area contributed by atoms with E-state index in [9.17, 15) is 14.4 Å². The van der Waals surface area contributed by atoms with Crippen molar-refractivity contribution in [2.24, 2.45) is 0 Å². The van der Waals surface area contributed by atoms with Crippen molar-refractivity contribution in [1.29, 1.82) is 0 Å². The molecule has 0 spiro atoms.